The summed E-state index contributed by atoms with van der Waals surface area (Å²) >= 11 is 0. The van der Waals surface area contributed by atoms with E-state index in [1.165, 1.54) is 12.8 Å². The van der Waals surface area contributed by atoms with Gasteiger partial charge >= 0.3 is 0 Å². The predicted molar refractivity (Wildman–Crippen MR) is 165 cm³/mol. The highest BCUT2D eigenvalue weighted by molar-refractivity contribution is 5.95. The van der Waals surface area contributed by atoms with Gasteiger partial charge in [-0.1, -0.05) is 18.7 Å². The Morgan fingerprint density at radius 1 is 1.07 bits per heavy atom. The van der Waals surface area contributed by atoms with Gasteiger partial charge in [0.2, 0.25) is 11.8 Å². The number of aliphatic hydroxyl groups is 1. The summed E-state index contributed by atoms with van der Waals surface area (Å²) in [6, 6.07) is 8.94. The van der Waals surface area contributed by atoms with Crippen LogP contribution in [0.25, 0.3) is 11.1 Å². The van der Waals surface area contributed by atoms with Gasteiger partial charge in [-0.25, -0.2) is 4.99 Å². The van der Waals surface area contributed by atoms with Crippen molar-refractivity contribution in [1.29, 1.82) is 0 Å². The first-order chi connectivity index (χ1) is 19.8. The van der Waals surface area contributed by atoms with Crippen LogP contribution in [-0.2, 0) is 9.53 Å². The van der Waals surface area contributed by atoms with Crippen LogP contribution in [-0.4, -0.2) is 46.8 Å². The lowest BCUT2D eigenvalue weighted by Crippen LogP contribution is -2.42. The molecule has 7 heteroatoms. The van der Waals surface area contributed by atoms with Crippen LogP contribution in [0.1, 0.15) is 84.1 Å². The van der Waals surface area contributed by atoms with Crippen molar-refractivity contribution in [2.75, 3.05) is 18.6 Å². The van der Waals surface area contributed by atoms with Crippen molar-refractivity contribution < 1.29 is 14.6 Å². The third-order valence-electron chi connectivity index (χ3n) is 9.11. The molecule has 220 valence electrons. The number of hydrogen-bond donors (Lipinski definition) is 1. The number of anilines is 1. The molecule has 3 aliphatic rings. The van der Waals surface area contributed by atoms with Crippen molar-refractivity contribution in [1.82, 2.24) is 9.78 Å². The van der Waals surface area contributed by atoms with Crippen LogP contribution in [0.2, 0.25) is 0 Å². The summed E-state index contributed by atoms with van der Waals surface area (Å²) in [5.41, 5.74) is 5.24. The fourth-order valence-corrected chi connectivity index (χ4v) is 6.35. The quantitative estimate of drug-likeness (QED) is 0.249. The van der Waals surface area contributed by atoms with Gasteiger partial charge in [-0.3, -0.25) is 9.48 Å². The van der Waals surface area contributed by atoms with Crippen molar-refractivity contribution in [3.63, 3.8) is 0 Å². The summed E-state index contributed by atoms with van der Waals surface area (Å²) in [6.45, 7) is 9.01. The second-order valence-electron chi connectivity index (χ2n) is 12.5. The number of amides is 1. The zero-order valence-corrected chi connectivity index (χ0v) is 25.0. The fourth-order valence-electron chi connectivity index (χ4n) is 6.35. The van der Waals surface area contributed by atoms with Crippen LogP contribution >= 0.6 is 0 Å². The van der Waals surface area contributed by atoms with Gasteiger partial charge in [0.1, 0.15) is 0 Å². The highest BCUT2D eigenvalue weighted by atomic mass is 16.5. The summed E-state index contributed by atoms with van der Waals surface area (Å²) in [7, 11) is 1.65. The highest BCUT2D eigenvalue weighted by Gasteiger charge is 2.32. The van der Waals surface area contributed by atoms with E-state index in [0.717, 1.165) is 73.0 Å². The maximum Gasteiger partial charge on any atom is 0.230 e. The summed E-state index contributed by atoms with van der Waals surface area (Å²) in [5, 5.41) is 14.6. The van der Waals surface area contributed by atoms with E-state index in [9.17, 15) is 9.90 Å². The average molecular weight is 559 g/mol. The summed E-state index contributed by atoms with van der Waals surface area (Å²) < 4.78 is 7.44. The van der Waals surface area contributed by atoms with Crippen LogP contribution < -0.4 is 4.90 Å². The number of benzene rings is 1. The molecule has 41 heavy (non-hydrogen) atoms. The smallest absolute Gasteiger partial charge is 0.230 e. The average Bonchev–Trinajstić information content (AvgIpc) is 3.72. The van der Waals surface area contributed by atoms with E-state index in [1.54, 1.807) is 7.11 Å². The molecule has 3 aliphatic carbocycles. The second-order valence-corrected chi connectivity index (χ2v) is 12.5. The van der Waals surface area contributed by atoms with Gasteiger partial charge in [0, 0.05) is 36.1 Å². The molecule has 1 heterocycles. The molecule has 0 saturated heterocycles. The normalized spacial score (nSPS) is 24.7. The van der Waals surface area contributed by atoms with Crippen molar-refractivity contribution in [2.24, 2.45) is 22.7 Å². The van der Waals surface area contributed by atoms with E-state index in [0.29, 0.717) is 36.6 Å². The van der Waals surface area contributed by atoms with Gasteiger partial charge in [-0.15, -0.1) is 0 Å². The molecular weight excluding hydrogens is 512 g/mol. The molecular formula is C34H46N4O3. The molecule has 1 aromatic carbocycles. The number of methoxy groups -OCH3 is 1. The van der Waals surface area contributed by atoms with Crippen molar-refractivity contribution in [2.45, 2.75) is 90.2 Å². The topological polar surface area (TPSA) is 79.9 Å². The monoisotopic (exact) mass is 558 g/mol. The molecule has 1 aromatic heterocycles. The number of nitrogens with zero attached hydrogens (tertiary/aromatic N) is 4. The first-order valence-electron chi connectivity index (χ1n) is 15.4. The Labute approximate surface area is 245 Å². The first kappa shape index (κ1) is 29.3. The minimum Gasteiger partial charge on any atom is -0.481 e. The Hall–Kier alpha value is -3.19. The number of aromatic nitrogens is 2. The number of carbonyl (C=O) groups excluding carboxylic acids is 1. The standard InChI is InChI=1S/C34H46N4O3/c1-23(2)33(41-4)35-19-24(3)26-10-8-25(9-11-26)21-37(34(40)27-12-16-32(39)17-13-27)31-7-5-6-28(18-31)29-20-36-38(22-29)30-14-15-30/h5-7,18-20,22,25-27,30,32,39H,3,8-17,21H2,1-2,4H3. The van der Waals surface area contributed by atoms with Crippen LogP contribution in [0.4, 0.5) is 5.69 Å². The maximum atomic E-state index is 14.0. The molecule has 3 fully saturated rings. The van der Waals surface area contributed by atoms with E-state index >= 15 is 0 Å². The predicted octanol–water partition coefficient (Wildman–Crippen LogP) is 7.10. The van der Waals surface area contributed by atoms with Gasteiger partial charge in [0.15, 0.2) is 0 Å². The minimum atomic E-state index is -0.276. The number of aliphatic hydroxyl groups excluding tert-OH is 1. The highest BCUT2D eigenvalue weighted by Crippen LogP contribution is 2.37. The Balaban J connectivity index is 1.29. The van der Waals surface area contributed by atoms with Gasteiger partial charge in [0.25, 0.3) is 0 Å². The summed E-state index contributed by atoms with van der Waals surface area (Å²) in [4.78, 5) is 20.6. The van der Waals surface area contributed by atoms with Gasteiger partial charge in [0.05, 0.1) is 25.5 Å². The van der Waals surface area contributed by atoms with E-state index in [2.05, 4.69) is 56.7 Å². The van der Waals surface area contributed by atoms with Gasteiger partial charge in [-0.05, 0) is 119 Å². The molecule has 0 atom stereocenters. The lowest BCUT2D eigenvalue weighted by atomic mass is 9.78. The second kappa shape index (κ2) is 13.2. The largest absolute Gasteiger partial charge is 0.481 e. The zero-order valence-electron chi connectivity index (χ0n) is 25.0. The van der Waals surface area contributed by atoms with Crippen LogP contribution in [0.5, 0.6) is 0 Å². The van der Waals surface area contributed by atoms with Crippen LogP contribution in [0.15, 0.2) is 65.3 Å². The molecule has 0 aliphatic heterocycles. The van der Waals surface area contributed by atoms with E-state index in [-0.39, 0.29) is 17.9 Å². The number of carbonyl (C=O) groups is 1. The number of rotatable bonds is 10. The number of ether oxygens (including phenoxy) is 1. The number of aliphatic imine (C=N–C) groups is 1. The molecule has 5 rings (SSSR count). The molecule has 2 aromatic rings. The lowest BCUT2D eigenvalue weighted by molar-refractivity contribution is -0.124. The minimum absolute atomic E-state index is 0.0305. The van der Waals surface area contributed by atoms with Crippen LogP contribution in [0.3, 0.4) is 0 Å². The third kappa shape index (κ3) is 7.37. The Kier molecular flexibility index (Phi) is 9.43. The lowest BCUT2D eigenvalue weighted by Gasteiger charge is -2.36. The molecule has 7 nitrogen and oxygen atoms in total. The number of allylic oxidation sites excluding steroid dienone is 2. The molecule has 3 saturated carbocycles. The van der Waals surface area contributed by atoms with Gasteiger partial charge in [-0.2, -0.15) is 5.10 Å². The number of hydrogen-bond acceptors (Lipinski definition) is 5. The molecule has 1 N–H and O–H groups in total. The van der Waals surface area contributed by atoms with E-state index in [1.807, 2.05) is 26.3 Å². The summed E-state index contributed by atoms with van der Waals surface area (Å²) in [6.07, 6.45) is 15.2. The zero-order chi connectivity index (χ0) is 28.9. The van der Waals surface area contributed by atoms with Crippen molar-refractivity contribution >= 4 is 17.8 Å². The molecule has 0 spiro atoms. The van der Waals surface area contributed by atoms with Gasteiger partial charge < -0.3 is 14.7 Å². The molecule has 0 unspecified atom stereocenters. The third-order valence-corrected chi connectivity index (χ3v) is 9.11. The Bertz CT molecular complexity index is 1270. The van der Waals surface area contributed by atoms with E-state index in [4.69, 9.17) is 4.74 Å². The molecule has 0 bridgehead atoms. The maximum absolute atomic E-state index is 14.0. The SMILES string of the molecule is C=C(C=NC(OC)=C(C)C)C1CCC(CN(C(=O)C2CCC(O)CC2)c2cccc(-c3cnn(C4CC4)c3)c2)CC1. The molecule has 1 amide bonds. The molecule has 0 radical (unpaired) electrons. The Morgan fingerprint density at radius 2 is 1.78 bits per heavy atom. The van der Waals surface area contributed by atoms with Crippen molar-refractivity contribution in [3.05, 3.63) is 60.3 Å². The fraction of sp³-hybridized carbons (Fsp3) is 0.559. The first-order valence-corrected chi connectivity index (χ1v) is 15.4. The van der Waals surface area contributed by atoms with Crippen LogP contribution in [0, 0.1) is 17.8 Å². The van der Waals surface area contributed by atoms with E-state index < -0.39 is 0 Å². The summed E-state index contributed by atoms with van der Waals surface area (Å²) in [5.74, 6) is 1.65. The van der Waals surface area contributed by atoms with Crippen molar-refractivity contribution in [3.8, 4) is 11.1 Å². The Morgan fingerprint density at radius 3 is 2.44 bits per heavy atom.